The quantitative estimate of drug-likeness (QED) is 0.777. The Hall–Kier alpha value is -3.06. The average Bonchev–Trinajstić information content (AvgIpc) is 2.54. The largest absolute Gasteiger partial charge is 0.395 e. The zero-order valence-electron chi connectivity index (χ0n) is 11.8. The van der Waals surface area contributed by atoms with Crippen LogP contribution in [0.3, 0.4) is 0 Å². The summed E-state index contributed by atoms with van der Waals surface area (Å²) in [6.07, 6.45) is 0. The number of hydrogen-bond donors (Lipinski definition) is 2. The first-order valence-electron chi connectivity index (χ1n) is 6.97. The Morgan fingerprint density at radius 1 is 0.783 bits per heavy atom. The predicted molar refractivity (Wildman–Crippen MR) is 78.2 cm³/mol. The molecule has 0 aliphatic carbocycles. The van der Waals surface area contributed by atoms with Gasteiger partial charge in [-0.3, -0.25) is 29.4 Å². The molecule has 0 atom stereocenters. The number of rotatable bonds is 2. The summed E-state index contributed by atoms with van der Waals surface area (Å²) in [6, 6.07) is 5.88. The van der Waals surface area contributed by atoms with Gasteiger partial charge < -0.3 is 5.11 Å². The maximum Gasteiger partial charge on any atom is 0.261 e. The summed E-state index contributed by atoms with van der Waals surface area (Å²) in [4.78, 5) is 50.0. The summed E-state index contributed by atoms with van der Waals surface area (Å²) < 4.78 is 0. The summed E-state index contributed by atoms with van der Waals surface area (Å²) in [6.45, 7) is -0.450. The van der Waals surface area contributed by atoms with Gasteiger partial charge in [0.1, 0.15) is 0 Å². The predicted octanol–water partition coefficient (Wildman–Crippen LogP) is 0.312. The third-order valence-electron chi connectivity index (χ3n) is 4.15. The lowest BCUT2D eigenvalue weighted by Crippen LogP contribution is -2.43. The fourth-order valence-corrected chi connectivity index (χ4v) is 3.15. The van der Waals surface area contributed by atoms with Crippen LogP contribution in [0.15, 0.2) is 24.3 Å². The minimum atomic E-state index is -0.552. The molecule has 114 valence electrons. The first kappa shape index (κ1) is 13.6. The van der Waals surface area contributed by atoms with Crippen LogP contribution < -0.4 is 5.32 Å². The summed E-state index contributed by atoms with van der Waals surface area (Å²) in [5.41, 5.74) is 1.01. The molecule has 4 amide bonds. The molecule has 0 saturated heterocycles. The first-order valence-corrected chi connectivity index (χ1v) is 6.97. The van der Waals surface area contributed by atoms with Gasteiger partial charge in [-0.25, -0.2) is 0 Å². The highest BCUT2D eigenvalue weighted by molar-refractivity contribution is 6.33. The molecule has 2 aliphatic rings. The number of aliphatic hydroxyl groups is 1. The van der Waals surface area contributed by atoms with E-state index in [0.717, 1.165) is 4.90 Å². The van der Waals surface area contributed by atoms with Crippen molar-refractivity contribution in [1.82, 2.24) is 10.2 Å². The van der Waals surface area contributed by atoms with Gasteiger partial charge in [0, 0.05) is 33.0 Å². The molecule has 2 aromatic carbocycles. The van der Waals surface area contributed by atoms with Crippen molar-refractivity contribution in [2.45, 2.75) is 0 Å². The fourth-order valence-electron chi connectivity index (χ4n) is 3.15. The van der Waals surface area contributed by atoms with Crippen molar-refractivity contribution >= 4 is 34.4 Å². The molecule has 2 heterocycles. The molecule has 0 spiro atoms. The van der Waals surface area contributed by atoms with Crippen molar-refractivity contribution in [1.29, 1.82) is 0 Å². The van der Waals surface area contributed by atoms with Crippen LogP contribution in [0, 0.1) is 0 Å². The van der Waals surface area contributed by atoms with Gasteiger partial charge in [-0.1, -0.05) is 0 Å². The Labute approximate surface area is 129 Å². The number of carbonyl (C=O) groups excluding carboxylic acids is 4. The summed E-state index contributed by atoms with van der Waals surface area (Å²) >= 11 is 0. The minimum Gasteiger partial charge on any atom is -0.395 e. The highest BCUT2D eigenvalue weighted by atomic mass is 16.3. The second kappa shape index (κ2) is 4.47. The average molecular weight is 310 g/mol. The third kappa shape index (κ3) is 1.62. The van der Waals surface area contributed by atoms with Gasteiger partial charge in [0.25, 0.3) is 23.6 Å². The second-order valence-corrected chi connectivity index (χ2v) is 5.34. The van der Waals surface area contributed by atoms with Crippen molar-refractivity contribution in [3.05, 3.63) is 46.5 Å². The van der Waals surface area contributed by atoms with Crippen molar-refractivity contribution in [2.24, 2.45) is 0 Å². The number of hydrogen-bond acceptors (Lipinski definition) is 5. The summed E-state index contributed by atoms with van der Waals surface area (Å²) in [7, 11) is 0. The topological polar surface area (TPSA) is 104 Å². The van der Waals surface area contributed by atoms with E-state index in [1.165, 1.54) is 24.3 Å². The number of amides is 4. The molecular formula is C16H10N2O5. The lowest BCUT2D eigenvalue weighted by atomic mass is 9.86. The number of carbonyl (C=O) groups is 4. The van der Waals surface area contributed by atoms with Crippen molar-refractivity contribution in [3.8, 4) is 0 Å². The van der Waals surface area contributed by atoms with Gasteiger partial charge in [0.15, 0.2) is 0 Å². The van der Waals surface area contributed by atoms with Gasteiger partial charge in [-0.15, -0.1) is 0 Å². The molecule has 2 aromatic rings. The SMILES string of the molecule is O=C1NC(=O)c2ccc3c4c(ccc1c24)C(=O)N(CCO)C3=O. The van der Waals surface area contributed by atoms with E-state index in [-0.39, 0.29) is 35.4 Å². The Morgan fingerprint density at radius 3 is 1.70 bits per heavy atom. The molecule has 0 aromatic heterocycles. The van der Waals surface area contributed by atoms with Crippen LogP contribution in [0.5, 0.6) is 0 Å². The normalized spacial score (nSPS) is 16.1. The van der Waals surface area contributed by atoms with Gasteiger partial charge in [0.2, 0.25) is 0 Å². The molecule has 0 fully saturated rings. The Bertz CT molecular complexity index is 878. The fraction of sp³-hybridized carbons (Fsp3) is 0.125. The van der Waals surface area contributed by atoms with Crippen LogP contribution in [0.1, 0.15) is 41.4 Å². The Kier molecular flexibility index (Phi) is 2.64. The molecule has 0 radical (unpaired) electrons. The second-order valence-electron chi connectivity index (χ2n) is 5.34. The number of β-amino-alcohol motifs (C(OH)–C–C–N with tert-alkyl or cyclic N) is 1. The number of nitrogens with zero attached hydrogens (tertiary/aromatic N) is 1. The lowest BCUT2D eigenvalue weighted by molar-refractivity contribution is 0.0579. The number of nitrogens with one attached hydrogen (secondary N) is 1. The minimum absolute atomic E-state index is 0.110. The van der Waals surface area contributed by atoms with E-state index >= 15 is 0 Å². The Morgan fingerprint density at radius 2 is 1.22 bits per heavy atom. The van der Waals surface area contributed by atoms with E-state index in [4.69, 9.17) is 5.11 Å². The summed E-state index contributed by atoms with van der Waals surface area (Å²) in [5.74, 6) is -2.19. The van der Waals surface area contributed by atoms with Crippen molar-refractivity contribution < 1.29 is 24.3 Å². The van der Waals surface area contributed by atoms with Gasteiger partial charge >= 0.3 is 0 Å². The van der Waals surface area contributed by atoms with Gasteiger partial charge in [-0.2, -0.15) is 0 Å². The maximum absolute atomic E-state index is 12.5. The molecule has 0 saturated carbocycles. The lowest BCUT2D eigenvalue weighted by Gasteiger charge is -2.28. The first-order chi connectivity index (χ1) is 11.0. The van der Waals surface area contributed by atoms with Crippen LogP contribution in [-0.4, -0.2) is 46.8 Å². The molecule has 0 unspecified atom stereocenters. The van der Waals surface area contributed by atoms with Crippen molar-refractivity contribution in [2.75, 3.05) is 13.2 Å². The highest BCUT2D eigenvalue weighted by Gasteiger charge is 2.36. The number of imide groups is 2. The summed E-state index contributed by atoms with van der Waals surface area (Å²) in [5, 5.41) is 11.9. The third-order valence-corrected chi connectivity index (χ3v) is 4.15. The number of aliphatic hydroxyl groups excluding tert-OH is 1. The maximum atomic E-state index is 12.5. The van der Waals surface area contributed by atoms with E-state index in [1.54, 1.807) is 0 Å². The van der Waals surface area contributed by atoms with Gasteiger partial charge in [-0.05, 0) is 24.3 Å². The standard InChI is InChI=1S/C16H10N2O5/c19-6-5-18-15(22)9-3-1-7-11-8(14(21)17-13(7)20)2-4-10(12(9)11)16(18)23/h1-4,19H,5-6H2,(H,17,20,21). The van der Waals surface area contributed by atoms with Crippen LogP contribution in [0.25, 0.3) is 10.8 Å². The van der Waals surface area contributed by atoms with E-state index in [1.807, 2.05) is 0 Å². The molecule has 7 nitrogen and oxygen atoms in total. The van der Waals surface area contributed by atoms with Crippen molar-refractivity contribution in [3.63, 3.8) is 0 Å². The molecule has 7 heteroatoms. The molecule has 2 N–H and O–H groups in total. The molecular weight excluding hydrogens is 300 g/mol. The molecule has 23 heavy (non-hydrogen) atoms. The van der Waals surface area contributed by atoms with E-state index < -0.39 is 23.6 Å². The van der Waals surface area contributed by atoms with E-state index in [0.29, 0.717) is 10.8 Å². The van der Waals surface area contributed by atoms with Crippen LogP contribution in [0.4, 0.5) is 0 Å². The zero-order chi connectivity index (χ0) is 16.3. The molecule has 2 aliphatic heterocycles. The van der Waals surface area contributed by atoms with Crippen LogP contribution in [0.2, 0.25) is 0 Å². The van der Waals surface area contributed by atoms with Crippen LogP contribution >= 0.6 is 0 Å². The zero-order valence-corrected chi connectivity index (χ0v) is 11.8. The number of benzene rings is 2. The smallest absolute Gasteiger partial charge is 0.261 e. The monoisotopic (exact) mass is 310 g/mol. The highest BCUT2D eigenvalue weighted by Crippen LogP contribution is 2.35. The Balaban J connectivity index is 2.12. The van der Waals surface area contributed by atoms with Gasteiger partial charge in [0.05, 0.1) is 13.2 Å². The molecule has 4 rings (SSSR count). The van der Waals surface area contributed by atoms with E-state index in [9.17, 15) is 19.2 Å². The van der Waals surface area contributed by atoms with Crippen LogP contribution in [-0.2, 0) is 0 Å². The molecule has 0 bridgehead atoms. The van der Waals surface area contributed by atoms with E-state index in [2.05, 4.69) is 5.32 Å².